The number of hydrogen-bond donors (Lipinski definition) is 3. The van der Waals surface area contributed by atoms with Gasteiger partial charge in [-0.3, -0.25) is 4.52 Å². The van der Waals surface area contributed by atoms with Crippen LogP contribution in [0.2, 0.25) is 0 Å². The van der Waals surface area contributed by atoms with E-state index in [1.54, 1.807) is 6.08 Å². The Morgan fingerprint density at radius 1 is 1.27 bits per heavy atom. The first-order valence-electron chi connectivity index (χ1n) is 10.8. The van der Waals surface area contributed by atoms with Crippen molar-refractivity contribution >= 4 is 15.6 Å². The van der Waals surface area contributed by atoms with Gasteiger partial charge in [0.2, 0.25) is 0 Å². The Kier molecular flexibility index (Phi) is 11.2. The lowest BCUT2D eigenvalue weighted by Crippen LogP contribution is -2.30. The molecule has 30 heavy (non-hydrogen) atoms. The molecule has 1 rings (SSSR count). The van der Waals surface area contributed by atoms with E-state index in [0.29, 0.717) is 17.3 Å². The van der Waals surface area contributed by atoms with Crippen molar-refractivity contribution in [3.05, 3.63) is 23.8 Å². The van der Waals surface area contributed by atoms with Gasteiger partial charge in [-0.25, -0.2) is 9.13 Å². The lowest BCUT2D eigenvalue weighted by molar-refractivity contribution is 0.132. The number of phosphoric ester groups is 1. The van der Waals surface area contributed by atoms with E-state index in [-0.39, 0.29) is 6.61 Å². The summed E-state index contributed by atoms with van der Waals surface area (Å²) < 4.78 is 30.5. The number of unbranched alkanes of at least 4 members (excludes halogenated alkanes) is 2. The van der Waals surface area contributed by atoms with E-state index in [1.807, 2.05) is 6.92 Å². The maximum absolute atomic E-state index is 11.5. The van der Waals surface area contributed by atoms with Crippen LogP contribution in [0.1, 0.15) is 85.5 Å². The molecular formula is C21H40O7P2. The van der Waals surface area contributed by atoms with Crippen LogP contribution >= 0.6 is 15.6 Å². The highest BCUT2D eigenvalue weighted by atomic mass is 31.3. The quantitative estimate of drug-likeness (QED) is 0.161. The van der Waals surface area contributed by atoms with Crippen molar-refractivity contribution in [2.45, 2.75) is 85.5 Å². The van der Waals surface area contributed by atoms with Crippen LogP contribution in [0.5, 0.6) is 0 Å². The van der Waals surface area contributed by atoms with Crippen molar-refractivity contribution in [3.8, 4) is 0 Å². The van der Waals surface area contributed by atoms with E-state index in [0.717, 1.165) is 31.3 Å². The smallest absolute Gasteiger partial charge is 0.302 e. The standard InChI is InChI=1S/C21H40O7P2/c1-6-7-8-14-21(4,5)20-12-10-18(3)19(16-20)11-9-17(2)13-15-27-30(25,26)28-29(22,23)24/h13,19-20H,3,6-12,14-16H2,1-2,4-5H3,(H,25,26)(H2,22,23,24)/b17-13+/t19-,20-/m1/s1. The first kappa shape index (κ1) is 27.8. The van der Waals surface area contributed by atoms with Gasteiger partial charge >= 0.3 is 15.6 Å². The fraction of sp³-hybridized carbons (Fsp3) is 0.810. The number of rotatable bonds is 13. The average molecular weight is 466 g/mol. The Morgan fingerprint density at radius 3 is 2.53 bits per heavy atom. The Morgan fingerprint density at radius 2 is 1.93 bits per heavy atom. The first-order chi connectivity index (χ1) is 13.8. The average Bonchev–Trinajstić information content (AvgIpc) is 2.58. The summed E-state index contributed by atoms with van der Waals surface area (Å²) in [6, 6.07) is 0. The molecule has 0 aromatic carbocycles. The van der Waals surface area contributed by atoms with Gasteiger partial charge < -0.3 is 14.7 Å². The minimum atomic E-state index is -5.09. The van der Waals surface area contributed by atoms with Crippen LogP contribution in [-0.2, 0) is 18.0 Å². The van der Waals surface area contributed by atoms with Gasteiger partial charge in [-0.05, 0) is 62.7 Å². The molecule has 1 aliphatic rings. The van der Waals surface area contributed by atoms with Crippen LogP contribution in [-0.4, -0.2) is 21.3 Å². The predicted octanol–water partition coefficient (Wildman–Crippen LogP) is 6.52. The molecule has 0 spiro atoms. The summed E-state index contributed by atoms with van der Waals surface area (Å²) in [7, 11) is -9.87. The largest absolute Gasteiger partial charge is 0.481 e. The molecule has 3 N–H and O–H groups in total. The van der Waals surface area contributed by atoms with Crippen LogP contribution in [0, 0.1) is 17.3 Å². The molecular weight excluding hydrogens is 426 g/mol. The maximum atomic E-state index is 11.5. The summed E-state index contributed by atoms with van der Waals surface area (Å²) >= 11 is 0. The summed E-state index contributed by atoms with van der Waals surface area (Å²) in [4.78, 5) is 26.5. The molecule has 1 aliphatic carbocycles. The molecule has 0 amide bonds. The van der Waals surface area contributed by atoms with Gasteiger partial charge in [0.15, 0.2) is 0 Å². The topological polar surface area (TPSA) is 113 Å². The van der Waals surface area contributed by atoms with E-state index in [2.05, 4.69) is 36.2 Å². The van der Waals surface area contributed by atoms with Gasteiger partial charge in [0.25, 0.3) is 0 Å². The van der Waals surface area contributed by atoms with Crippen molar-refractivity contribution in [1.29, 1.82) is 0 Å². The van der Waals surface area contributed by atoms with E-state index in [4.69, 9.17) is 9.79 Å². The highest BCUT2D eigenvalue weighted by Crippen LogP contribution is 2.57. The lowest BCUT2D eigenvalue weighted by Gasteiger charge is -2.41. The molecule has 9 heteroatoms. The van der Waals surface area contributed by atoms with Gasteiger partial charge in [0, 0.05) is 0 Å². The molecule has 0 radical (unpaired) electrons. The molecule has 0 bridgehead atoms. The number of hydrogen-bond acceptors (Lipinski definition) is 4. The van der Waals surface area contributed by atoms with Crippen LogP contribution in [0.15, 0.2) is 23.8 Å². The van der Waals surface area contributed by atoms with E-state index >= 15 is 0 Å². The van der Waals surface area contributed by atoms with E-state index in [9.17, 15) is 14.0 Å². The van der Waals surface area contributed by atoms with Crippen molar-refractivity contribution < 1.29 is 32.6 Å². The first-order valence-corrected chi connectivity index (χ1v) is 13.9. The molecule has 0 saturated heterocycles. The zero-order chi connectivity index (χ0) is 23.0. The van der Waals surface area contributed by atoms with Gasteiger partial charge in [0.1, 0.15) is 0 Å². The lowest BCUT2D eigenvalue weighted by atomic mass is 9.64. The number of allylic oxidation sites excluding steroid dienone is 2. The second kappa shape index (κ2) is 12.1. The molecule has 1 fully saturated rings. The zero-order valence-electron chi connectivity index (χ0n) is 18.9. The predicted molar refractivity (Wildman–Crippen MR) is 120 cm³/mol. The SMILES string of the molecule is C=C1CC[C@@H](C(C)(C)CCCCC)C[C@H]1CC/C(C)=C/COP(=O)(O)OP(=O)(O)O. The fourth-order valence-electron chi connectivity index (χ4n) is 4.19. The second-order valence-electron chi connectivity index (χ2n) is 9.20. The minimum Gasteiger partial charge on any atom is -0.302 e. The van der Waals surface area contributed by atoms with Crippen LogP contribution in [0.3, 0.4) is 0 Å². The maximum Gasteiger partial charge on any atom is 0.481 e. The number of phosphoric acid groups is 2. The second-order valence-corrected chi connectivity index (χ2v) is 12.0. The molecule has 176 valence electrons. The summed E-state index contributed by atoms with van der Waals surface area (Å²) in [6.07, 6.45) is 11.9. The van der Waals surface area contributed by atoms with Crippen molar-refractivity contribution in [3.63, 3.8) is 0 Å². The Balaban J connectivity index is 2.52. The third kappa shape index (κ3) is 10.9. The normalized spacial score (nSPS) is 23.4. The third-order valence-corrected chi connectivity index (χ3v) is 8.41. The summed E-state index contributed by atoms with van der Waals surface area (Å²) in [6.45, 7) is 13.0. The molecule has 3 atom stereocenters. The highest BCUT2D eigenvalue weighted by Gasteiger charge is 2.35. The van der Waals surface area contributed by atoms with E-state index < -0.39 is 15.6 Å². The fourth-order valence-corrected chi connectivity index (χ4v) is 5.72. The van der Waals surface area contributed by atoms with Crippen molar-refractivity contribution in [2.24, 2.45) is 17.3 Å². The molecule has 0 aliphatic heterocycles. The summed E-state index contributed by atoms with van der Waals surface area (Å²) in [5, 5.41) is 0. The van der Waals surface area contributed by atoms with Crippen LogP contribution < -0.4 is 0 Å². The van der Waals surface area contributed by atoms with Crippen LogP contribution in [0.4, 0.5) is 0 Å². The summed E-state index contributed by atoms with van der Waals surface area (Å²) in [5.74, 6) is 1.17. The Bertz CT molecular complexity index is 681. The molecule has 0 heterocycles. The minimum absolute atomic E-state index is 0.252. The van der Waals surface area contributed by atoms with Crippen LogP contribution in [0.25, 0.3) is 0 Å². The van der Waals surface area contributed by atoms with Crippen molar-refractivity contribution in [1.82, 2.24) is 0 Å². The zero-order valence-corrected chi connectivity index (χ0v) is 20.7. The summed E-state index contributed by atoms with van der Waals surface area (Å²) in [5.41, 5.74) is 2.64. The third-order valence-electron chi connectivity index (χ3n) is 6.26. The Hall–Kier alpha value is -0.260. The molecule has 1 saturated carbocycles. The van der Waals surface area contributed by atoms with Gasteiger partial charge in [-0.2, -0.15) is 4.31 Å². The monoisotopic (exact) mass is 466 g/mol. The van der Waals surface area contributed by atoms with Gasteiger partial charge in [0.05, 0.1) is 6.61 Å². The Labute approximate surface area is 181 Å². The van der Waals surface area contributed by atoms with Gasteiger partial charge in [-0.15, -0.1) is 0 Å². The molecule has 1 unspecified atom stereocenters. The molecule has 0 aromatic heterocycles. The highest BCUT2D eigenvalue weighted by molar-refractivity contribution is 7.60. The molecule has 0 aromatic rings. The molecule has 7 nitrogen and oxygen atoms in total. The van der Waals surface area contributed by atoms with Gasteiger partial charge in [-0.1, -0.05) is 63.8 Å². The van der Waals surface area contributed by atoms with Crippen molar-refractivity contribution in [2.75, 3.05) is 6.61 Å². The van der Waals surface area contributed by atoms with E-state index in [1.165, 1.54) is 37.7 Å².